The van der Waals surface area contributed by atoms with Gasteiger partial charge in [-0.2, -0.15) is 0 Å². The van der Waals surface area contributed by atoms with Crippen molar-refractivity contribution >= 4 is 61.9 Å². The van der Waals surface area contributed by atoms with Gasteiger partial charge in [-0.1, -0.05) is 53.7 Å². The molecule has 0 fully saturated rings. The molecule has 12 heteroatoms. The lowest BCUT2D eigenvalue weighted by Gasteiger charge is -2.14. The van der Waals surface area contributed by atoms with Crippen molar-refractivity contribution in [2.75, 3.05) is 17.7 Å². The Morgan fingerprint density at radius 1 is 0.955 bits per heavy atom. The second-order valence-electron chi connectivity index (χ2n) is 9.78. The van der Waals surface area contributed by atoms with E-state index in [9.17, 15) is 18.0 Å². The average molecular weight is 651 g/mol. The van der Waals surface area contributed by atoms with Gasteiger partial charge in [0.2, 0.25) is 0 Å². The Hall–Kier alpha value is -4.32. The van der Waals surface area contributed by atoms with E-state index in [0.717, 1.165) is 22.2 Å². The van der Waals surface area contributed by atoms with Crippen LogP contribution in [-0.2, 0) is 26.8 Å². The number of halogens is 1. The molecule has 0 radical (unpaired) electrons. The molecule has 0 unspecified atom stereocenters. The van der Waals surface area contributed by atoms with Crippen LogP contribution in [-0.4, -0.2) is 42.7 Å². The summed E-state index contributed by atoms with van der Waals surface area (Å²) in [5.74, 6) is -0.872. The van der Waals surface area contributed by atoms with Crippen LogP contribution in [0.5, 0.6) is 5.75 Å². The fourth-order valence-electron chi connectivity index (χ4n) is 4.33. The molecule has 1 aromatic heterocycles. The van der Waals surface area contributed by atoms with Gasteiger partial charge in [-0.25, -0.2) is 18.2 Å². The molecule has 9 nitrogen and oxygen atoms in total. The minimum absolute atomic E-state index is 0.0787. The van der Waals surface area contributed by atoms with Gasteiger partial charge in [-0.15, -0.1) is 0 Å². The number of carbonyl (C=O) groups is 2. The zero-order chi connectivity index (χ0) is 31.1. The van der Waals surface area contributed by atoms with Gasteiger partial charge in [0.05, 0.1) is 16.3 Å². The molecule has 0 saturated heterocycles. The molecule has 0 atom stereocenters. The highest BCUT2D eigenvalue weighted by molar-refractivity contribution is 7.98. The second-order valence-corrected chi connectivity index (χ2v) is 13.2. The van der Waals surface area contributed by atoms with Gasteiger partial charge in [0.1, 0.15) is 11.3 Å². The highest BCUT2D eigenvalue weighted by Gasteiger charge is 2.16. The minimum atomic E-state index is -3.50. The predicted molar refractivity (Wildman–Crippen MR) is 169 cm³/mol. The Kier molecular flexibility index (Phi) is 9.89. The number of carboxylic acid groups (broad SMARTS) is 1. The first-order valence-corrected chi connectivity index (χ1v) is 16.5. The van der Waals surface area contributed by atoms with Gasteiger partial charge in [-0.05, 0) is 84.6 Å². The Balaban J connectivity index is 1.23. The van der Waals surface area contributed by atoms with Crippen molar-refractivity contribution in [3.63, 3.8) is 0 Å². The summed E-state index contributed by atoms with van der Waals surface area (Å²) in [5, 5.41) is 12.9. The van der Waals surface area contributed by atoms with Crippen molar-refractivity contribution in [1.82, 2.24) is 4.98 Å². The normalized spacial score (nSPS) is 11.4. The monoisotopic (exact) mass is 650 g/mol. The number of nitrogens with zero attached hydrogens (tertiary/aromatic N) is 1. The number of aryl methyl sites for hydroxylation is 1. The molecule has 44 heavy (non-hydrogen) atoms. The van der Waals surface area contributed by atoms with Gasteiger partial charge in [-0.3, -0.25) is 4.79 Å². The summed E-state index contributed by atoms with van der Waals surface area (Å²) in [4.78, 5) is 28.9. The van der Waals surface area contributed by atoms with E-state index in [4.69, 9.17) is 25.9 Å². The number of carbonyl (C=O) groups excluding carboxylic acids is 1. The van der Waals surface area contributed by atoms with Crippen LogP contribution in [0, 0.1) is 0 Å². The van der Waals surface area contributed by atoms with Crippen molar-refractivity contribution in [1.29, 1.82) is 0 Å². The minimum Gasteiger partial charge on any atom is -0.480 e. The lowest BCUT2D eigenvalue weighted by atomic mass is 10.1. The SMILES string of the molecule is O=C(O)COc1ccc(CCCS(=O)(=O)c2ccc(Cl)cc2)cc1NC(=O)c1ccc(CSc2nc3ccccc3o2)cc1. The fraction of sp³-hybridized carbons (Fsp3) is 0.156. The summed E-state index contributed by atoms with van der Waals surface area (Å²) in [6.07, 6.45) is 0.734. The van der Waals surface area contributed by atoms with Crippen molar-refractivity contribution in [2.24, 2.45) is 0 Å². The van der Waals surface area contributed by atoms with Crippen LogP contribution in [0.2, 0.25) is 5.02 Å². The van der Waals surface area contributed by atoms with E-state index in [2.05, 4.69) is 10.3 Å². The van der Waals surface area contributed by atoms with Crippen molar-refractivity contribution in [2.45, 2.75) is 28.7 Å². The third-order valence-corrected chi connectivity index (χ3v) is 9.52. The number of carboxylic acids is 1. The molecular weight excluding hydrogens is 624 g/mol. The van der Waals surface area contributed by atoms with Gasteiger partial charge in [0.25, 0.3) is 11.1 Å². The topological polar surface area (TPSA) is 136 Å². The van der Waals surface area contributed by atoms with Gasteiger partial charge in [0.15, 0.2) is 22.0 Å². The number of hydrogen-bond acceptors (Lipinski definition) is 8. The largest absolute Gasteiger partial charge is 0.480 e. The maximum atomic E-state index is 13.1. The summed E-state index contributed by atoms with van der Waals surface area (Å²) in [6, 6.07) is 25.6. The molecule has 0 aliphatic rings. The Bertz CT molecular complexity index is 1860. The first-order chi connectivity index (χ1) is 21.2. The molecule has 2 N–H and O–H groups in total. The number of amides is 1. The maximum absolute atomic E-state index is 13.1. The predicted octanol–water partition coefficient (Wildman–Crippen LogP) is 6.90. The molecule has 0 aliphatic heterocycles. The van der Waals surface area contributed by atoms with E-state index >= 15 is 0 Å². The first kappa shape index (κ1) is 31.1. The number of rotatable bonds is 13. The molecule has 5 aromatic rings. The van der Waals surface area contributed by atoms with E-state index < -0.39 is 28.3 Å². The number of ether oxygens (including phenoxy) is 1. The highest BCUT2D eigenvalue weighted by Crippen LogP contribution is 2.29. The average Bonchev–Trinajstić information content (AvgIpc) is 3.43. The van der Waals surface area contributed by atoms with Crippen molar-refractivity contribution in [3.05, 3.63) is 113 Å². The molecular formula is C32H27ClN2O7S2. The van der Waals surface area contributed by atoms with E-state index in [1.54, 1.807) is 30.3 Å². The number of nitrogens with one attached hydrogen (secondary N) is 1. The van der Waals surface area contributed by atoms with Crippen LogP contribution in [0.15, 0.2) is 106 Å². The lowest BCUT2D eigenvalue weighted by molar-refractivity contribution is -0.139. The van der Waals surface area contributed by atoms with E-state index in [-0.39, 0.29) is 22.1 Å². The smallest absolute Gasteiger partial charge is 0.341 e. The Morgan fingerprint density at radius 3 is 2.41 bits per heavy atom. The van der Waals surface area contributed by atoms with Gasteiger partial charge < -0.3 is 19.6 Å². The molecule has 5 rings (SSSR count). The second kappa shape index (κ2) is 14.0. The third-order valence-electron chi connectivity index (χ3n) is 6.55. The maximum Gasteiger partial charge on any atom is 0.341 e. The number of para-hydroxylation sites is 2. The van der Waals surface area contributed by atoms with Gasteiger partial charge in [0, 0.05) is 16.3 Å². The number of fused-ring (bicyclic) bond motifs is 1. The summed E-state index contributed by atoms with van der Waals surface area (Å²) in [7, 11) is -3.50. The number of anilines is 1. The molecule has 0 bridgehead atoms. The summed E-state index contributed by atoms with van der Waals surface area (Å²) < 4.78 is 36.5. The van der Waals surface area contributed by atoms with Crippen LogP contribution in [0.1, 0.15) is 27.9 Å². The summed E-state index contributed by atoms with van der Waals surface area (Å²) >= 11 is 7.32. The van der Waals surface area contributed by atoms with Crippen molar-refractivity contribution < 1.29 is 32.3 Å². The van der Waals surface area contributed by atoms with Gasteiger partial charge >= 0.3 is 5.97 Å². The highest BCUT2D eigenvalue weighted by atomic mass is 35.5. The number of aromatic nitrogens is 1. The number of benzene rings is 4. The number of oxazole rings is 1. The van der Waals surface area contributed by atoms with Crippen LogP contribution in [0.25, 0.3) is 11.1 Å². The number of hydrogen-bond donors (Lipinski definition) is 2. The molecule has 4 aromatic carbocycles. The number of sulfone groups is 1. The molecule has 0 saturated carbocycles. The van der Waals surface area contributed by atoms with E-state index in [1.807, 2.05) is 36.4 Å². The van der Waals surface area contributed by atoms with E-state index in [1.165, 1.54) is 36.0 Å². The van der Waals surface area contributed by atoms with Crippen LogP contribution in [0.4, 0.5) is 5.69 Å². The van der Waals surface area contributed by atoms with Crippen LogP contribution < -0.4 is 10.1 Å². The summed E-state index contributed by atoms with van der Waals surface area (Å²) in [6.45, 7) is -0.589. The molecule has 1 amide bonds. The fourth-order valence-corrected chi connectivity index (χ4v) is 6.56. The molecule has 0 aliphatic carbocycles. The third kappa shape index (κ3) is 8.19. The standard InChI is InChI=1S/C32H27ClN2O7S2/c33-24-12-14-25(15-13-24)44(39,40)17-3-4-21-9-16-28(41-19-30(36)37)27(18-21)34-31(38)23-10-7-22(8-11-23)20-43-32-35-26-5-1-2-6-29(26)42-32/h1-2,5-16,18H,3-4,17,19-20H2,(H,34,38)(H,36,37). The summed E-state index contributed by atoms with van der Waals surface area (Å²) in [5.41, 5.74) is 3.91. The first-order valence-electron chi connectivity index (χ1n) is 13.5. The molecule has 0 spiro atoms. The van der Waals surface area contributed by atoms with Crippen LogP contribution >= 0.6 is 23.4 Å². The number of thioether (sulfide) groups is 1. The number of aliphatic carboxylic acids is 1. The van der Waals surface area contributed by atoms with E-state index in [0.29, 0.717) is 34.4 Å². The molecule has 1 heterocycles. The Labute approximate surface area is 263 Å². The Morgan fingerprint density at radius 2 is 1.68 bits per heavy atom. The zero-order valence-corrected chi connectivity index (χ0v) is 25.6. The quantitative estimate of drug-likeness (QED) is 0.130. The molecule has 226 valence electrons. The van der Waals surface area contributed by atoms with Crippen molar-refractivity contribution in [3.8, 4) is 5.75 Å². The lowest BCUT2D eigenvalue weighted by Crippen LogP contribution is -2.15. The van der Waals surface area contributed by atoms with Crippen LogP contribution in [0.3, 0.4) is 0 Å². The zero-order valence-electron chi connectivity index (χ0n) is 23.2.